The first kappa shape index (κ1) is 25.3. The minimum absolute atomic E-state index is 0.0232. The van der Waals surface area contributed by atoms with Crippen LogP contribution in [0.15, 0.2) is 41.0 Å². The lowest BCUT2D eigenvalue weighted by atomic mass is 9.95. The van der Waals surface area contributed by atoms with E-state index in [4.69, 9.17) is 13.9 Å². The Morgan fingerprint density at radius 2 is 1.97 bits per heavy atom. The van der Waals surface area contributed by atoms with Gasteiger partial charge in [-0.05, 0) is 30.7 Å². The number of aryl methyl sites for hydroxylation is 1. The Balaban J connectivity index is 1.47. The van der Waals surface area contributed by atoms with Gasteiger partial charge in [0.2, 0.25) is 17.7 Å². The number of likely N-dealkylation sites (tertiary alicyclic amines) is 1. The number of nitrogens with zero attached hydrogens (tertiary/aromatic N) is 5. The lowest BCUT2D eigenvalue weighted by Crippen LogP contribution is -2.54. The van der Waals surface area contributed by atoms with Crippen molar-refractivity contribution in [1.82, 2.24) is 19.6 Å². The molecule has 1 atom stereocenters. The molecule has 3 aromatic rings. The number of morpholine rings is 1. The molecular formula is C26H24FN5O6. The highest BCUT2D eigenvalue weighted by atomic mass is 19.1. The highest BCUT2D eigenvalue weighted by Gasteiger charge is 2.46. The van der Waals surface area contributed by atoms with Gasteiger partial charge in [-0.25, -0.2) is 4.39 Å². The third-order valence-electron chi connectivity index (χ3n) is 6.44. The van der Waals surface area contributed by atoms with E-state index in [1.807, 2.05) is 11.0 Å². The summed E-state index contributed by atoms with van der Waals surface area (Å²) in [5, 5.41) is 14.4. The molecule has 2 aromatic heterocycles. The van der Waals surface area contributed by atoms with E-state index in [0.717, 1.165) is 9.58 Å². The van der Waals surface area contributed by atoms with Gasteiger partial charge in [0, 0.05) is 13.1 Å². The van der Waals surface area contributed by atoms with Crippen LogP contribution in [-0.4, -0.2) is 70.1 Å². The average Bonchev–Trinajstić information content (AvgIpc) is 3.50. The lowest BCUT2D eigenvalue weighted by molar-refractivity contribution is -0.159. The van der Waals surface area contributed by atoms with Gasteiger partial charge in [-0.15, -0.1) is 0 Å². The first-order chi connectivity index (χ1) is 18.4. The molecule has 196 valence electrons. The van der Waals surface area contributed by atoms with Crippen molar-refractivity contribution in [2.75, 3.05) is 32.8 Å². The van der Waals surface area contributed by atoms with Crippen LogP contribution >= 0.6 is 0 Å². The van der Waals surface area contributed by atoms with Gasteiger partial charge in [-0.1, -0.05) is 12.1 Å². The maximum absolute atomic E-state index is 13.3. The smallest absolute Gasteiger partial charge is 0.284 e. The van der Waals surface area contributed by atoms with Crippen molar-refractivity contribution in [2.45, 2.75) is 26.0 Å². The average molecular weight is 522 g/mol. The van der Waals surface area contributed by atoms with Crippen LogP contribution in [0.25, 0.3) is 0 Å². The van der Waals surface area contributed by atoms with E-state index in [-0.39, 0.29) is 42.3 Å². The summed E-state index contributed by atoms with van der Waals surface area (Å²) in [6.07, 6.45) is 1.22. The SMILES string of the molecule is Cc1cc(C(=O)n2nc(C3CC(=O)N3C(=O)CN3CCOCC3)c(C#N)c2OCc2ccc(F)cc2)co1. The summed E-state index contributed by atoms with van der Waals surface area (Å²) in [6, 6.07) is 8.29. The van der Waals surface area contributed by atoms with Crippen LogP contribution < -0.4 is 4.74 Å². The fourth-order valence-electron chi connectivity index (χ4n) is 4.41. The van der Waals surface area contributed by atoms with Crippen LogP contribution in [0.3, 0.4) is 0 Å². The monoisotopic (exact) mass is 521 g/mol. The number of ether oxygens (including phenoxy) is 2. The van der Waals surface area contributed by atoms with Crippen LogP contribution in [0.1, 0.15) is 45.4 Å². The molecule has 4 heterocycles. The summed E-state index contributed by atoms with van der Waals surface area (Å²) >= 11 is 0. The summed E-state index contributed by atoms with van der Waals surface area (Å²) in [6.45, 7) is 3.75. The number of benzene rings is 1. The van der Waals surface area contributed by atoms with Gasteiger partial charge in [-0.3, -0.25) is 24.2 Å². The second kappa shape index (κ2) is 10.6. The van der Waals surface area contributed by atoms with Crippen LogP contribution in [0.2, 0.25) is 0 Å². The zero-order valence-corrected chi connectivity index (χ0v) is 20.6. The topological polar surface area (TPSA) is 131 Å². The highest BCUT2D eigenvalue weighted by molar-refractivity contribution is 6.01. The molecule has 0 spiro atoms. The number of imide groups is 1. The Hall–Kier alpha value is -4.34. The molecule has 0 saturated carbocycles. The molecule has 12 heteroatoms. The first-order valence-electron chi connectivity index (χ1n) is 12.0. The van der Waals surface area contributed by atoms with Gasteiger partial charge < -0.3 is 13.9 Å². The largest absolute Gasteiger partial charge is 0.472 e. The summed E-state index contributed by atoms with van der Waals surface area (Å²) in [5.41, 5.74) is 0.794. The fourth-order valence-corrected chi connectivity index (χ4v) is 4.41. The molecule has 2 aliphatic heterocycles. The third-order valence-corrected chi connectivity index (χ3v) is 6.44. The second-order valence-corrected chi connectivity index (χ2v) is 9.02. The van der Waals surface area contributed by atoms with Gasteiger partial charge in [0.15, 0.2) is 0 Å². The van der Waals surface area contributed by atoms with Crippen molar-refractivity contribution in [3.63, 3.8) is 0 Å². The molecule has 2 saturated heterocycles. The van der Waals surface area contributed by atoms with Crippen LogP contribution in [0.5, 0.6) is 5.88 Å². The third kappa shape index (κ3) is 4.93. The standard InChI is InChI=1S/C26H24FN5O6/c1-16-10-18(15-37-16)25(35)32-26(38-14-17-2-4-19(27)5-3-17)20(12-28)24(29-32)21-11-22(33)31(21)23(34)13-30-6-8-36-9-7-30/h2-5,10,15,21H,6-9,11,13-14H2,1H3. The number of carbonyl (C=O) groups excluding carboxylic acids is 3. The maximum atomic E-state index is 13.3. The molecule has 0 bridgehead atoms. The minimum atomic E-state index is -0.820. The fraction of sp³-hybridized carbons (Fsp3) is 0.346. The Bertz CT molecular complexity index is 1420. The maximum Gasteiger partial charge on any atom is 0.284 e. The summed E-state index contributed by atoms with van der Waals surface area (Å²) < 4.78 is 30.7. The van der Waals surface area contributed by atoms with Gasteiger partial charge in [0.25, 0.3) is 5.91 Å². The molecule has 5 rings (SSSR count). The number of hydrogen-bond acceptors (Lipinski definition) is 9. The number of nitriles is 1. The molecule has 38 heavy (non-hydrogen) atoms. The molecule has 2 aliphatic rings. The van der Waals surface area contributed by atoms with Crippen molar-refractivity contribution in [2.24, 2.45) is 0 Å². The van der Waals surface area contributed by atoms with Crippen LogP contribution in [0.4, 0.5) is 4.39 Å². The molecule has 1 aromatic carbocycles. The molecule has 11 nitrogen and oxygen atoms in total. The van der Waals surface area contributed by atoms with E-state index in [1.54, 1.807) is 6.92 Å². The number of rotatable bonds is 7. The summed E-state index contributed by atoms with van der Waals surface area (Å²) in [4.78, 5) is 41.8. The molecule has 0 radical (unpaired) electrons. The molecular weight excluding hydrogens is 497 g/mol. The van der Waals surface area contributed by atoms with Crippen LogP contribution in [-0.2, 0) is 20.9 Å². The van der Waals surface area contributed by atoms with Crippen molar-refractivity contribution in [3.8, 4) is 11.9 Å². The number of hydrogen-bond donors (Lipinski definition) is 0. The molecule has 2 amide bonds. The second-order valence-electron chi connectivity index (χ2n) is 9.02. The van der Waals surface area contributed by atoms with E-state index < -0.39 is 29.6 Å². The zero-order chi connectivity index (χ0) is 26.8. The van der Waals surface area contributed by atoms with Gasteiger partial charge >= 0.3 is 0 Å². The number of furan rings is 1. The number of aromatic nitrogens is 2. The van der Waals surface area contributed by atoms with Crippen LogP contribution in [0, 0.1) is 24.1 Å². The van der Waals surface area contributed by atoms with Crippen molar-refractivity contribution in [1.29, 1.82) is 5.26 Å². The lowest BCUT2D eigenvalue weighted by Gasteiger charge is -2.39. The number of amides is 2. The first-order valence-corrected chi connectivity index (χ1v) is 12.0. The Morgan fingerprint density at radius 3 is 2.61 bits per heavy atom. The quantitative estimate of drug-likeness (QED) is 0.429. The van der Waals surface area contributed by atoms with Gasteiger partial charge in [0.05, 0.1) is 37.8 Å². The van der Waals surface area contributed by atoms with Crippen molar-refractivity contribution in [3.05, 3.63) is 70.6 Å². The number of β-lactam (4-membered cyclic amide) rings is 1. The molecule has 1 unspecified atom stereocenters. The van der Waals surface area contributed by atoms with Crippen molar-refractivity contribution < 1.29 is 32.7 Å². The van der Waals surface area contributed by atoms with E-state index in [2.05, 4.69) is 5.10 Å². The van der Waals surface area contributed by atoms with Gasteiger partial charge in [0.1, 0.15) is 41.8 Å². The minimum Gasteiger partial charge on any atom is -0.472 e. The number of carbonyl (C=O) groups is 3. The Kier molecular flexibility index (Phi) is 7.04. The summed E-state index contributed by atoms with van der Waals surface area (Å²) in [7, 11) is 0. The predicted octanol–water partition coefficient (Wildman–Crippen LogP) is 2.19. The van der Waals surface area contributed by atoms with E-state index in [0.29, 0.717) is 37.6 Å². The highest BCUT2D eigenvalue weighted by Crippen LogP contribution is 2.39. The summed E-state index contributed by atoms with van der Waals surface area (Å²) in [5.74, 6) is -1.49. The Morgan fingerprint density at radius 1 is 1.24 bits per heavy atom. The van der Waals surface area contributed by atoms with E-state index >= 15 is 0 Å². The Labute approximate surface area is 216 Å². The normalized spacial score (nSPS) is 17.7. The van der Waals surface area contributed by atoms with Gasteiger partial charge in [-0.2, -0.15) is 15.0 Å². The van der Waals surface area contributed by atoms with E-state index in [1.165, 1.54) is 36.6 Å². The number of halogens is 1. The van der Waals surface area contributed by atoms with E-state index in [9.17, 15) is 24.0 Å². The van der Waals surface area contributed by atoms with Crippen molar-refractivity contribution >= 4 is 17.7 Å². The molecule has 0 aliphatic carbocycles. The zero-order valence-electron chi connectivity index (χ0n) is 20.6. The molecule has 2 fully saturated rings. The predicted molar refractivity (Wildman–Crippen MR) is 127 cm³/mol. The molecule has 0 N–H and O–H groups in total.